The van der Waals surface area contributed by atoms with Gasteiger partial charge in [-0.25, -0.2) is 4.79 Å². The summed E-state index contributed by atoms with van der Waals surface area (Å²) in [7, 11) is 1.50. The van der Waals surface area contributed by atoms with Gasteiger partial charge < -0.3 is 26.0 Å². The maximum absolute atomic E-state index is 13.1. The van der Waals surface area contributed by atoms with Crippen LogP contribution >= 0.6 is 12.6 Å². The van der Waals surface area contributed by atoms with Gasteiger partial charge in [-0.1, -0.05) is 44.2 Å². The van der Waals surface area contributed by atoms with Crippen LogP contribution in [0.1, 0.15) is 46.6 Å². The van der Waals surface area contributed by atoms with E-state index in [1.165, 1.54) is 7.05 Å². The molecule has 0 aromatic heterocycles. The molecule has 0 bridgehead atoms. The van der Waals surface area contributed by atoms with E-state index in [0.29, 0.717) is 12.8 Å². The number of benzene rings is 1. The summed E-state index contributed by atoms with van der Waals surface area (Å²) in [5, 5.41) is 9.62. The molecule has 0 heterocycles. The molecule has 4 amide bonds. The lowest BCUT2D eigenvalue weighted by Crippen LogP contribution is -2.55. The van der Waals surface area contributed by atoms with Crippen LogP contribution in [-0.4, -0.2) is 60.3 Å². The van der Waals surface area contributed by atoms with Crippen LogP contribution in [0.2, 0.25) is 0 Å². The summed E-state index contributed by atoms with van der Waals surface area (Å²) in [4.78, 5) is 49.9. The van der Waals surface area contributed by atoms with Crippen LogP contribution in [-0.2, 0) is 25.5 Å². The van der Waals surface area contributed by atoms with Crippen LogP contribution in [0.3, 0.4) is 0 Å². The largest absolute Gasteiger partial charge is 0.444 e. The molecule has 0 fully saturated rings. The van der Waals surface area contributed by atoms with E-state index in [4.69, 9.17) is 4.74 Å². The molecule has 9 nitrogen and oxygen atoms in total. The molecule has 190 valence electrons. The zero-order chi connectivity index (χ0) is 25.9. The van der Waals surface area contributed by atoms with Gasteiger partial charge in [0.25, 0.3) is 0 Å². The molecule has 34 heavy (non-hydrogen) atoms. The molecule has 4 N–H and O–H groups in total. The van der Waals surface area contributed by atoms with Crippen molar-refractivity contribution in [3.05, 3.63) is 35.9 Å². The van der Waals surface area contributed by atoms with Crippen molar-refractivity contribution < 1.29 is 23.9 Å². The second-order valence-electron chi connectivity index (χ2n) is 9.45. The van der Waals surface area contributed by atoms with E-state index in [1.807, 2.05) is 44.2 Å². The number of likely N-dealkylation sites (N-methyl/N-ethyl adjacent to an activating group) is 1. The smallest absolute Gasteiger partial charge is 0.407 e. The summed E-state index contributed by atoms with van der Waals surface area (Å²) < 4.78 is 5.15. The highest BCUT2D eigenvalue weighted by atomic mass is 32.1. The molecule has 0 aliphatic carbocycles. The minimum absolute atomic E-state index is 0.0747. The van der Waals surface area contributed by atoms with Crippen molar-refractivity contribution in [2.24, 2.45) is 5.92 Å². The predicted octanol–water partition coefficient (Wildman–Crippen LogP) is 1.81. The molecule has 0 saturated carbocycles. The first-order valence-corrected chi connectivity index (χ1v) is 11.8. The topological polar surface area (TPSA) is 126 Å². The van der Waals surface area contributed by atoms with Crippen LogP contribution in [0.5, 0.6) is 0 Å². The van der Waals surface area contributed by atoms with Crippen molar-refractivity contribution in [3.63, 3.8) is 0 Å². The Kier molecular flexibility index (Phi) is 11.9. The average molecular weight is 495 g/mol. The zero-order valence-electron chi connectivity index (χ0n) is 20.8. The fraction of sp³-hybridized carbons (Fsp3) is 0.583. The molecule has 0 aliphatic heterocycles. The molecule has 0 aliphatic rings. The lowest BCUT2D eigenvalue weighted by atomic mass is 10.0. The zero-order valence-corrected chi connectivity index (χ0v) is 21.7. The molecule has 1 rings (SSSR count). The van der Waals surface area contributed by atoms with E-state index < -0.39 is 40.8 Å². The third-order valence-electron chi connectivity index (χ3n) is 4.64. The van der Waals surface area contributed by atoms with Gasteiger partial charge in [0.05, 0.1) is 5.25 Å². The second-order valence-corrected chi connectivity index (χ2v) is 10.1. The Balaban J connectivity index is 2.81. The summed E-state index contributed by atoms with van der Waals surface area (Å²) in [5.41, 5.74) is 0.226. The lowest BCUT2D eigenvalue weighted by Gasteiger charge is -2.25. The number of amides is 4. The van der Waals surface area contributed by atoms with Crippen molar-refractivity contribution in [1.29, 1.82) is 0 Å². The van der Waals surface area contributed by atoms with Crippen LogP contribution in [0.4, 0.5) is 4.79 Å². The van der Waals surface area contributed by atoms with Gasteiger partial charge in [-0.05, 0) is 38.7 Å². The number of alkyl carbamates (subject to hydrolysis) is 1. The molecule has 0 spiro atoms. The number of rotatable bonds is 11. The third-order valence-corrected chi connectivity index (χ3v) is 5.06. The molecule has 0 saturated heterocycles. The Bertz CT molecular complexity index is 826. The molecule has 1 aromatic carbocycles. The second kappa shape index (κ2) is 13.8. The predicted molar refractivity (Wildman–Crippen MR) is 135 cm³/mol. The van der Waals surface area contributed by atoms with E-state index >= 15 is 0 Å². The number of hydrogen-bond acceptors (Lipinski definition) is 6. The van der Waals surface area contributed by atoms with Gasteiger partial charge in [0.15, 0.2) is 0 Å². The van der Waals surface area contributed by atoms with Crippen molar-refractivity contribution in [2.75, 3.05) is 13.6 Å². The summed E-state index contributed by atoms with van der Waals surface area (Å²) in [6.45, 7) is 8.97. The molecule has 1 aromatic rings. The molecule has 0 radical (unpaired) electrons. The molecular formula is C24H38N4O5S. The highest BCUT2D eigenvalue weighted by Crippen LogP contribution is 2.10. The van der Waals surface area contributed by atoms with E-state index in [2.05, 4.69) is 33.9 Å². The van der Waals surface area contributed by atoms with Gasteiger partial charge in [0, 0.05) is 20.0 Å². The monoisotopic (exact) mass is 494 g/mol. The fourth-order valence-electron chi connectivity index (χ4n) is 3.06. The maximum atomic E-state index is 13.1. The number of nitrogens with one attached hydrogen (secondary N) is 4. The first-order valence-electron chi connectivity index (χ1n) is 11.3. The fourth-order valence-corrected chi connectivity index (χ4v) is 3.23. The number of carbonyl (C=O) groups is 4. The van der Waals surface area contributed by atoms with Crippen molar-refractivity contribution in [2.45, 2.75) is 70.4 Å². The van der Waals surface area contributed by atoms with Gasteiger partial charge in [0.1, 0.15) is 17.7 Å². The minimum atomic E-state index is -0.894. The van der Waals surface area contributed by atoms with Gasteiger partial charge in [-0.3, -0.25) is 14.4 Å². The Labute approximate surface area is 207 Å². The molecule has 10 heteroatoms. The minimum Gasteiger partial charge on any atom is -0.444 e. The van der Waals surface area contributed by atoms with E-state index in [1.54, 1.807) is 20.8 Å². The van der Waals surface area contributed by atoms with Gasteiger partial charge >= 0.3 is 6.09 Å². The number of ether oxygens (including phenoxy) is 1. The standard InChI is InChI=1S/C24H38N4O5S/c1-15(2)12-17(28-22(31)19(34)14-26-23(32)33-24(3,4)5)21(30)27-18(20(29)25-6)13-16-10-8-7-9-11-16/h7-11,15,17-19,34H,12-14H2,1-6H3,(H,25,29)(H,26,32)(H,27,30)(H,28,31)/t17-,18-,19?/m0/s1. The lowest BCUT2D eigenvalue weighted by molar-refractivity contribution is -0.132. The highest BCUT2D eigenvalue weighted by Gasteiger charge is 2.29. The first-order chi connectivity index (χ1) is 15.8. The van der Waals surface area contributed by atoms with Crippen molar-refractivity contribution >= 4 is 36.4 Å². The Morgan fingerprint density at radius 3 is 2.06 bits per heavy atom. The van der Waals surface area contributed by atoms with Crippen LogP contribution < -0.4 is 21.3 Å². The third kappa shape index (κ3) is 11.4. The maximum Gasteiger partial charge on any atom is 0.407 e. The van der Waals surface area contributed by atoms with Crippen LogP contribution in [0.15, 0.2) is 30.3 Å². The highest BCUT2D eigenvalue weighted by molar-refractivity contribution is 7.81. The Hall–Kier alpha value is -2.75. The number of thiol groups is 1. The Morgan fingerprint density at radius 1 is 0.941 bits per heavy atom. The van der Waals surface area contributed by atoms with E-state index in [-0.39, 0.29) is 18.4 Å². The molecule has 1 unspecified atom stereocenters. The first kappa shape index (κ1) is 29.3. The van der Waals surface area contributed by atoms with Gasteiger partial charge in [-0.15, -0.1) is 0 Å². The van der Waals surface area contributed by atoms with Crippen molar-refractivity contribution in [1.82, 2.24) is 21.3 Å². The summed E-state index contributed by atoms with van der Waals surface area (Å²) in [6.07, 6.45) is 0.0117. The quantitative estimate of drug-likeness (QED) is 0.300. The molecule has 3 atom stereocenters. The molecular weight excluding hydrogens is 456 g/mol. The normalized spacial score (nSPS) is 13.9. The number of carbonyl (C=O) groups excluding carboxylic acids is 4. The van der Waals surface area contributed by atoms with Crippen molar-refractivity contribution in [3.8, 4) is 0 Å². The van der Waals surface area contributed by atoms with Gasteiger partial charge in [-0.2, -0.15) is 12.6 Å². The van der Waals surface area contributed by atoms with E-state index in [9.17, 15) is 19.2 Å². The summed E-state index contributed by atoms with van der Waals surface area (Å²) >= 11 is 4.25. The summed E-state index contributed by atoms with van der Waals surface area (Å²) in [5.74, 6) is -1.21. The Morgan fingerprint density at radius 2 is 1.53 bits per heavy atom. The van der Waals surface area contributed by atoms with Crippen LogP contribution in [0.25, 0.3) is 0 Å². The van der Waals surface area contributed by atoms with E-state index in [0.717, 1.165) is 5.56 Å². The SMILES string of the molecule is CNC(=O)[C@H](Cc1ccccc1)NC(=O)[C@H](CC(C)C)NC(=O)C(S)CNC(=O)OC(C)(C)C. The number of hydrogen-bond donors (Lipinski definition) is 5. The van der Waals surface area contributed by atoms with Gasteiger partial charge in [0.2, 0.25) is 17.7 Å². The average Bonchev–Trinajstić information content (AvgIpc) is 2.75. The van der Waals surface area contributed by atoms with Crippen LogP contribution in [0, 0.1) is 5.92 Å². The summed E-state index contributed by atoms with van der Waals surface area (Å²) in [6, 6.07) is 7.67.